The van der Waals surface area contributed by atoms with E-state index in [4.69, 9.17) is 0 Å². The molecule has 0 saturated heterocycles. The van der Waals surface area contributed by atoms with Gasteiger partial charge in [-0.15, -0.1) is 0 Å². The second-order valence-corrected chi connectivity index (χ2v) is 2.61. The van der Waals surface area contributed by atoms with Crippen LogP contribution in [0, 0.1) is 6.92 Å². The summed E-state index contributed by atoms with van der Waals surface area (Å²) in [5.74, 6) is 0.762. The lowest BCUT2D eigenvalue weighted by Crippen LogP contribution is -1.89. The molecule has 0 aliphatic heterocycles. The Bertz CT molecular complexity index is 382. The van der Waals surface area contributed by atoms with E-state index in [1.165, 1.54) is 6.33 Å². The van der Waals surface area contributed by atoms with Gasteiger partial charge in [0.15, 0.2) is 0 Å². The maximum absolute atomic E-state index is 4.09. The standard InChI is InChI=1S/C9H8N4/c1-7-11-4-8(5-12-7)9-2-3-10-6-13-9/h2-6H,1H3. The van der Waals surface area contributed by atoms with Gasteiger partial charge in [-0.1, -0.05) is 0 Å². The van der Waals surface area contributed by atoms with E-state index >= 15 is 0 Å². The molecular formula is C9H8N4. The minimum atomic E-state index is 0.762. The minimum absolute atomic E-state index is 0.762. The van der Waals surface area contributed by atoms with Gasteiger partial charge in [0.2, 0.25) is 0 Å². The molecule has 2 heterocycles. The first kappa shape index (κ1) is 7.79. The van der Waals surface area contributed by atoms with E-state index in [-0.39, 0.29) is 0 Å². The van der Waals surface area contributed by atoms with Gasteiger partial charge in [0.25, 0.3) is 0 Å². The molecule has 0 fully saturated rings. The van der Waals surface area contributed by atoms with Gasteiger partial charge in [0.05, 0.1) is 5.69 Å². The Morgan fingerprint density at radius 1 is 1.08 bits per heavy atom. The molecule has 2 aromatic rings. The normalized spacial score (nSPS) is 9.92. The van der Waals surface area contributed by atoms with Crippen LogP contribution in [0.2, 0.25) is 0 Å². The zero-order valence-electron chi connectivity index (χ0n) is 7.18. The summed E-state index contributed by atoms with van der Waals surface area (Å²) in [4.78, 5) is 16.1. The van der Waals surface area contributed by atoms with E-state index in [1.807, 2.05) is 13.0 Å². The topological polar surface area (TPSA) is 51.6 Å². The number of aromatic nitrogens is 4. The summed E-state index contributed by atoms with van der Waals surface area (Å²) in [5, 5.41) is 0. The van der Waals surface area contributed by atoms with Crippen LogP contribution < -0.4 is 0 Å². The van der Waals surface area contributed by atoms with Crippen LogP contribution >= 0.6 is 0 Å². The molecule has 0 aliphatic rings. The van der Waals surface area contributed by atoms with Gasteiger partial charge in [-0.05, 0) is 13.0 Å². The molecule has 0 atom stereocenters. The number of nitrogens with zero attached hydrogens (tertiary/aromatic N) is 4. The highest BCUT2D eigenvalue weighted by Crippen LogP contribution is 2.11. The van der Waals surface area contributed by atoms with Crippen molar-refractivity contribution in [1.29, 1.82) is 0 Å². The fourth-order valence-corrected chi connectivity index (χ4v) is 0.986. The van der Waals surface area contributed by atoms with Gasteiger partial charge in [-0.2, -0.15) is 0 Å². The summed E-state index contributed by atoms with van der Waals surface area (Å²) < 4.78 is 0. The van der Waals surface area contributed by atoms with Crippen LogP contribution in [-0.2, 0) is 0 Å². The van der Waals surface area contributed by atoms with Crippen molar-refractivity contribution in [2.45, 2.75) is 6.92 Å². The third-order valence-corrected chi connectivity index (χ3v) is 1.66. The van der Waals surface area contributed by atoms with E-state index in [2.05, 4.69) is 19.9 Å². The highest BCUT2D eigenvalue weighted by molar-refractivity contribution is 5.55. The Hall–Kier alpha value is -1.84. The zero-order valence-corrected chi connectivity index (χ0v) is 7.18. The van der Waals surface area contributed by atoms with Gasteiger partial charge in [0.1, 0.15) is 12.2 Å². The third kappa shape index (κ3) is 1.66. The fourth-order valence-electron chi connectivity index (χ4n) is 0.986. The molecule has 0 saturated carbocycles. The highest BCUT2D eigenvalue weighted by Gasteiger charge is 1.97. The fraction of sp³-hybridized carbons (Fsp3) is 0.111. The van der Waals surface area contributed by atoms with Crippen molar-refractivity contribution in [3.63, 3.8) is 0 Å². The lowest BCUT2D eigenvalue weighted by Gasteiger charge is -1.97. The van der Waals surface area contributed by atoms with Crippen LogP contribution in [0.25, 0.3) is 11.3 Å². The monoisotopic (exact) mass is 172 g/mol. The third-order valence-electron chi connectivity index (χ3n) is 1.66. The smallest absolute Gasteiger partial charge is 0.125 e. The van der Waals surface area contributed by atoms with Gasteiger partial charge in [-0.25, -0.2) is 19.9 Å². The molecule has 2 rings (SSSR count). The minimum Gasteiger partial charge on any atom is -0.245 e. The maximum Gasteiger partial charge on any atom is 0.125 e. The molecule has 0 N–H and O–H groups in total. The molecule has 0 amide bonds. The summed E-state index contributed by atoms with van der Waals surface area (Å²) in [5.41, 5.74) is 1.75. The van der Waals surface area contributed by atoms with Crippen molar-refractivity contribution in [2.24, 2.45) is 0 Å². The molecule has 0 aromatic carbocycles. The van der Waals surface area contributed by atoms with Crippen molar-refractivity contribution in [3.8, 4) is 11.3 Å². The highest BCUT2D eigenvalue weighted by atomic mass is 14.9. The second kappa shape index (κ2) is 3.26. The molecule has 0 unspecified atom stereocenters. The summed E-state index contributed by atoms with van der Waals surface area (Å²) >= 11 is 0. The lowest BCUT2D eigenvalue weighted by atomic mass is 10.2. The van der Waals surface area contributed by atoms with Gasteiger partial charge < -0.3 is 0 Å². The predicted octanol–water partition coefficient (Wildman–Crippen LogP) is 1.24. The molecule has 13 heavy (non-hydrogen) atoms. The zero-order chi connectivity index (χ0) is 9.10. The first-order valence-electron chi connectivity index (χ1n) is 3.91. The van der Waals surface area contributed by atoms with Crippen molar-refractivity contribution >= 4 is 0 Å². The van der Waals surface area contributed by atoms with Crippen LogP contribution in [0.4, 0.5) is 0 Å². The van der Waals surface area contributed by atoms with Crippen molar-refractivity contribution in [1.82, 2.24) is 19.9 Å². The Morgan fingerprint density at radius 2 is 1.85 bits per heavy atom. The molecule has 0 aliphatic carbocycles. The average molecular weight is 172 g/mol. The summed E-state index contributed by atoms with van der Waals surface area (Å²) in [6, 6.07) is 1.83. The molecule has 64 valence electrons. The average Bonchev–Trinajstić information content (AvgIpc) is 2.20. The lowest BCUT2D eigenvalue weighted by molar-refractivity contribution is 1.05. The van der Waals surface area contributed by atoms with Crippen LogP contribution in [0.15, 0.2) is 31.0 Å². The van der Waals surface area contributed by atoms with Crippen molar-refractivity contribution < 1.29 is 0 Å². The van der Waals surface area contributed by atoms with Gasteiger partial charge in [0, 0.05) is 24.2 Å². The Morgan fingerprint density at radius 3 is 2.46 bits per heavy atom. The molecular weight excluding hydrogens is 164 g/mol. The van der Waals surface area contributed by atoms with Gasteiger partial charge in [-0.3, -0.25) is 0 Å². The van der Waals surface area contributed by atoms with Crippen LogP contribution in [0.3, 0.4) is 0 Å². The first-order valence-corrected chi connectivity index (χ1v) is 3.91. The van der Waals surface area contributed by atoms with Crippen molar-refractivity contribution in [3.05, 3.63) is 36.8 Å². The summed E-state index contributed by atoms with van der Waals surface area (Å²) in [6.45, 7) is 1.85. The Kier molecular flexibility index (Phi) is 1.96. The van der Waals surface area contributed by atoms with Crippen LogP contribution in [-0.4, -0.2) is 19.9 Å². The number of aryl methyl sites for hydroxylation is 1. The molecule has 4 nitrogen and oxygen atoms in total. The number of hydrogen-bond donors (Lipinski definition) is 0. The molecule has 0 radical (unpaired) electrons. The van der Waals surface area contributed by atoms with Crippen molar-refractivity contribution in [2.75, 3.05) is 0 Å². The van der Waals surface area contributed by atoms with E-state index < -0.39 is 0 Å². The molecule has 2 aromatic heterocycles. The molecule has 0 bridgehead atoms. The van der Waals surface area contributed by atoms with Crippen LogP contribution in [0.5, 0.6) is 0 Å². The van der Waals surface area contributed by atoms with Gasteiger partial charge >= 0.3 is 0 Å². The van der Waals surface area contributed by atoms with E-state index in [1.54, 1.807) is 18.6 Å². The second-order valence-electron chi connectivity index (χ2n) is 2.61. The van der Waals surface area contributed by atoms with E-state index in [9.17, 15) is 0 Å². The SMILES string of the molecule is Cc1ncc(-c2ccncn2)cn1. The number of hydrogen-bond acceptors (Lipinski definition) is 4. The van der Waals surface area contributed by atoms with E-state index in [0.29, 0.717) is 0 Å². The largest absolute Gasteiger partial charge is 0.245 e. The Balaban J connectivity index is 2.42. The first-order chi connectivity index (χ1) is 6.36. The quantitative estimate of drug-likeness (QED) is 0.649. The molecule has 0 spiro atoms. The molecule has 4 heteroatoms. The predicted molar refractivity (Wildman–Crippen MR) is 47.8 cm³/mol. The van der Waals surface area contributed by atoms with E-state index in [0.717, 1.165) is 17.1 Å². The Labute approximate surface area is 75.7 Å². The summed E-state index contributed by atoms with van der Waals surface area (Å²) in [6.07, 6.45) is 6.71. The number of rotatable bonds is 1. The maximum atomic E-state index is 4.09. The summed E-state index contributed by atoms with van der Waals surface area (Å²) in [7, 11) is 0. The van der Waals surface area contributed by atoms with Crippen LogP contribution in [0.1, 0.15) is 5.82 Å².